The fourth-order valence-electron chi connectivity index (χ4n) is 1.82. The first-order valence-electron chi connectivity index (χ1n) is 4.68. The molecule has 1 N–H and O–H groups in total. The number of nitrogens with one attached hydrogen (secondary N) is 1. The van der Waals surface area contributed by atoms with E-state index in [1.807, 2.05) is 0 Å². The molecular weight excluding hydrogens is 146 g/mol. The Labute approximate surface area is 73.8 Å². The molecule has 64 valence electrons. The minimum atomic E-state index is 0.343. The van der Waals surface area contributed by atoms with Gasteiger partial charge < -0.3 is 5.32 Å². The number of rotatable bonds is 3. The van der Waals surface area contributed by atoms with Crippen LogP contribution in [-0.4, -0.2) is 6.54 Å². The summed E-state index contributed by atoms with van der Waals surface area (Å²) in [7, 11) is 0. The SMILES string of the molecule is CCCC1(c2ccccc2)CN1. The maximum Gasteiger partial charge on any atom is 0.0561 e. The second-order valence-electron chi connectivity index (χ2n) is 3.55. The molecule has 0 aliphatic carbocycles. The summed E-state index contributed by atoms with van der Waals surface area (Å²) >= 11 is 0. The third-order valence-electron chi connectivity index (χ3n) is 2.61. The summed E-state index contributed by atoms with van der Waals surface area (Å²) < 4.78 is 0. The Morgan fingerprint density at radius 2 is 2.00 bits per heavy atom. The Hall–Kier alpha value is -0.820. The van der Waals surface area contributed by atoms with Crippen molar-refractivity contribution in [1.29, 1.82) is 0 Å². The third-order valence-corrected chi connectivity index (χ3v) is 2.61. The van der Waals surface area contributed by atoms with Gasteiger partial charge in [-0.15, -0.1) is 0 Å². The van der Waals surface area contributed by atoms with Crippen LogP contribution >= 0.6 is 0 Å². The van der Waals surface area contributed by atoms with E-state index < -0.39 is 0 Å². The van der Waals surface area contributed by atoms with E-state index in [9.17, 15) is 0 Å². The molecule has 1 unspecified atom stereocenters. The zero-order valence-corrected chi connectivity index (χ0v) is 7.51. The van der Waals surface area contributed by atoms with Crippen molar-refractivity contribution in [2.24, 2.45) is 0 Å². The molecule has 1 aromatic rings. The second-order valence-corrected chi connectivity index (χ2v) is 3.55. The Bertz CT molecular complexity index is 249. The molecule has 0 radical (unpaired) electrons. The van der Waals surface area contributed by atoms with Crippen molar-refractivity contribution >= 4 is 0 Å². The van der Waals surface area contributed by atoms with Gasteiger partial charge in [0, 0.05) is 6.54 Å². The van der Waals surface area contributed by atoms with Crippen molar-refractivity contribution in [1.82, 2.24) is 5.32 Å². The molecule has 1 heteroatoms. The normalized spacial score (nSPS) is 27.1. The highest BCUT2D eigenvalue weighted by Crippen LogP contribution is 2.34. The lowest BCUT2D eigenvalue weighted by molar-refractivity contribution is 0.594. The van der Waals surface area contributed by atoms with Crippen LogP contribution in [0, 0.1) is 0 Å². The molecule has 0 bridgehead atoms. The summed E-state index contributed by atoms with van der Waals surface area (Å²) in [6, 6.07) is 10.7. The lowest BCUT2D eigenvalue weighted by Gasteiger charge is -2.11. The minimum absolute atomic E-state index is 0.343. The monoisotopic (exact) mass is 161 g/mol. The zero-order chi connectivity index (χ0) is 8.44. The standard InChI is InChI=1S/C11H15N/c1-2-8-11(9-12-11)10-6-4-3-5-7-10/h3-7,12H,2,8-9H2,1H3. The first-order chi connectivity index (χ1) is 5.87. The molecule has 1 aliphatic heterocycles. The maximum atomic E-state index is 3.47. The quantitative estimate of drug-likeness (QED) is 0.675. The van der Waals surface area contributed by atoms with Crippen LogP contribution in [0.2, 0.25) is 0 Å². The number of hydrogen-bond donors (Lipinski definition) is 1. The van der Waals surface area contributed by atoms with Gasteiger partial charge in [0.1, 0.15) is 0 Å². The van der Waals surface area contributed by atoms with E-state index in [-0.39, 0.29) is 0 Å². The molecule has 0 aromatic heterocycles. The Morgan fingerprint density at radius 1 is 1.33 bits per heavy atom. The molecule has 0 amide bonds. The maximum absolute atomic E-state index is 3.47. The number of benzene rings is 1. The van der Waals surface area contributed by atoms with Gasteiger partial charge in [-0.3, -0.25) is 0 Å². The predicted molar refractivity (Wildman–Crippen MR) is 51.0 cm³/mol. The van der Waals surface area contributed by atoms with E-state index in [1.165, 1.54) is 18.4 Å². The Kier molecular flexibility index (Phi) is 1.89. The molecule has 1 saturated heterocycles. The van der Waals surface area contributed by atoms with Crippen molar-refractivity contribution in [3.8, 4) is 0 Å². The van der Waals surface area contributed by atoms with Gasteiger partial charge in [0.25, 0.3) is 0 Å². The summed E-state index contributed by atoms with van der Waals surface area (Å²) in [4.78, 5) is 0. The Balaban J connectivity index is 2.19. The van der Waals surface area contributed by atoms with Crippen molar-refractivity contribution < 1.29 is 0 Å². The highest BCUT2D eigenvalue weighted by molar-refractivity contribution is 5.30. The lowest BCUT2D eigenvalue weighted by atomic mass is 9.95. The predicted octanol–water partition coefficient (Wildman–Crippen LogP) is 2.29. The molecule has 0 saturated carbocycles. The van der Waals surface area contributed by atoms with Crippen LogP contribution in [0.3, 0.4) is 0 Å². The molecule has 1 fully saturated rings. The second kappa shape index (κ2) is 2.91. The van der Waals surface area contributed by atoms with Crippen LogP contribution in [0.15, 0.2) is 30.3 Å². The van der Waals surface area contributed by atoms with Gasteiger partial charge in [-0.1, -0.05) is 43.7 Å². The van der Waals surface area contributed by atoms with E-state index in [0.717, 1.165) is 6.54 Å². The highest BCUT2D eigenvalue weighted by Gasteiger charge is 2.42. The van der Waals surface area contributed by atoms with E-state index in [0.29, 0.717) is 5.54 Å². The van der Waals surface area contributed by atoms with Gasteiger partial charge in [0.05, 0.1) is 5.54 Å². The molecule has 1 nitrogen and oxygen atoms in total. The van der Waals surface area contributed by atoms with Crippen LogP contribution in [0.25, 0.3) is 0 Å². The Morgan fingerprint density at radius 3 is 2.50 bits per heavy atom. The summed E-state index contributed by atoms with van der Waals surface area (Å²) in [6.07, 6.45) is 2.51. The molecular formula is C11H15N. The average molecular weight is 161 g/mol. The van der Waals surface area contributed by atoms with Gasteiger partial charge >= 0.3 is 0 Å². The van der Waals surface area contributed by atoms with Gasteiger partial charge in [-0.2, -0.15) is 0 Å². The molecule has 1 aliphatic rings. The van der Waals surface area contributed by atoms with Crippen LogP contribution in [0.5, 0.6) is 0 Å². The molecule has 2 rings (SSSR count). The van der Waals surface area contributed by atoms with Crippen molar-refractivity contribution in [2.75, 3.05) is 6.54 Å². The van der Waals surface area contributed by atoms with Crippen LogP contribution < -0.4 is 5.32 Å². The summed E-state index contributed by atoms with van der Waals surface area (Å²) in [5, 5.41) is 3.47. The van der Waals surface area contributed by atoms with Gasteiger partial charge in [0.2, 0.25) is 0 Å². The first kappa shape index (κ1) is 7.81. The van der Waals surface area contributed by atoms with E-state index in [1.54, 1.807) is 0 Å². The topological polar surface area (TPSA) is 21.9 Å². The van der Waals surface area contributed by atoms with Crippen LogP contribution in [0.4, 0.5) is 0 Å². The van der Waals surface area contributed by atoms with Crippen molar-refractivity contribution in [3.05, 3.63) is 35.9 Å². The van der Waals surface area contributed by atoms with Crippen molar-refractivity contribution in [2.45, 2.75) is 25.3 Å². The largest absolute Gasteiger partial charge is 0.304 e. The molecule has 1 aromatic carbocycles. The lowest BCUT2D eigenvalue weighted by Crippen LogP contribution is -2.11. The first-order valence-corrected chi connectivity index (χ1v) is 4.68. The van der Waals surface area contributed by atoms with Crippen LogP contribution in [0.1, 0.15) is 25.3 Å². The van der Waals surface area contributed by atoms with E-state index in [4.69, 9.17) is 0 Å². The van der Waals surface area contributed by atoms with E-state index in [2.05, 4.69) is 42.6 Å². The van der Waals surface area contributed by atoms with Crippen LogP contribution in [-0.2, 0) is 5.54 Å². The van der Waals surface area contributed by atoms with Crippen molar-refractivity contribution in [3.63, 3.8) is 0 Å². The smallest absolute Gasteiger partial charge is 0.0561 e. The summed E-state index contributed by atoms with van der Waals surface area (Å²) in [5.74, 6) is 0. The fourth-order valence-corrected chi connectivity index (χ4v) is 1.82. The zero-order valence-electron chi connectivity index (χ0n) is 7.51. The number of hydrogen-bond acceptors (Lipinski definition) is 1. The van der Waals surface area contributed by atoms with Gasteiger partial charge in [-0.05, 0) is 12.0 Å². The minimum Gasteiger partial charge on any atom is -0.304 e. The van der Waals surface area contributed by atoms with Gasteiger partial charge in [0.15, 0.2) is 0 Å². The van der Waals surface area contributed by atoms with E-state index >= 15 is 0 Å². The molecule has 0 spiro atoms. The average Bonchev–Trinajstić information content (AvgIpc) is 2.88. The summed E-state index contributed by atoms with van der Waals surface area (Å²) in [5.41, 5.74) is 1.79. The molecule has 12 heavy (non-hydrogen) atoms. The molecule has 1 atom stereocenters. The van der Waals surface area contributed by atoms with Gasteiger partial charge in [-0.25, -0.2) is 0 Å². The third kappa shape index (κ3) is 1.25. The highest BCUT2D eigenvalue weighted by atomic mass is 15.2. The fraction of sp³-hybridized carbons (Fsp3) is 0.455. The summed E-state index contributed by atoms with van der Waals surface area (Å²) in [6.45, 7) is 3.40. The molecule has 1 heterocycles.